The van der Waals surface area contributed by atoms with E-state index in [2.05, 4.69) is 66.5 Å². The Morgan fingerprint density at radius 3 is 2.13 bits per heavy atom. The lowest BCUT2D eigenvalue weighted by molar-refractivity contribution is -0.154. The zero-order chi connectivity index (χ0) is 22.8. The van der Waals surface area contributed by atoms with E-state index < -0.39 is 13.5 Å². The Morgan fingerprint density at radius 2 is 1.67 bits per heavy atom. The summed E-state index contributed by atoms with van der Waals surface area (Å²) in [7, 11) is -1.92. The molecule has 1 atom stereocenters. The number of ether oxygens (including phenoxy) is 1. The van der Waals surface area contributed by atoms with Gasteiger partial charge < -0.3 is 4.74 Å². The van der Waals surface area contributed by atoms with E-state index in [9.17, 15) is 4.79 Å². The van der Waals surface area contributed by atoms with Crippen LogP contribution in [-0.2, 0) is 16.1 Å². The van der Waals surface area contributed by atoms with E-state index in [0.29, 0.717) is 29.7 Å². The van der Waals surface area contributed by atoms with Crippen LogP contribution in [0.2, 0.25) is 16.6 Å². The smallest absolute Gasteiger partial charge is 0.324 e. The molecule has 1 unspecified atom stereocenters. The van der Waals surface area contributed by atoms with Gasteiger partial charge in [-0.2, -0.15) is 0 Å². The maximum Gasteiger partial charge on any atom is 0.324 e. The molecule has 1 aromatic carbocycles. The third-order valence-corrected chi connectivity index (χ3v) is 12.9. The Bertz CT molecular complexity index is 702. The first-order valence-electron chi connectivity index (χ1n) is 11.5. The topological polar surface area (TPSA) is 26.3 Å². The molecule has 1 rings (SSSR count). The first kappa shape index (κ1) is 26.2. The van der Waals surface area contributed by atoms with Crippen LogP contribution in [-0.4, -0.2) is 14.0 Å². The van der Waals surface area contributed by atoms with Crippen LogP contribution in [0.15, 0.2) is 43.0 Å². The lowest BCUT2D eigenvalue weighted by Gasteiger charge is -2.38. The second-order valence-electron chi connectivity index (χ2n) is 9.33. The van der Waals surface area contributed by atoms with Crippen LogP contribution in [0.1, 0.15) is 79.7 Å². The van der Waals surface area contributed by atoms with Gasteiger partial charge in [-0.15, -0.1) is 12.1 Å². The highest BCUT2D eigenvalue weighted by atomic mass is 28.3. The molecular weight excluding hydrogens is 384 g/mol. The van der Waals surface area contributed by atoms with Crippen LogP contribution < -0.4 is 0 Å². The standard InChI is InChI=1S/C27H42O2Si/c1-9-11-15-18-27(10-2,26(28)29-21-25-16-13-12-14-17-25)19-20-30(22(3)4,23(5)6)24(7)8/h9,12-14,16-17,22-24H,1,10-11,15,18,21H2,2-8H3. The lowest BCUT2D eigenvalue weighted by Crippen LogP contribution is -2.44. The highest BCUT2D eigenvalue weighted by molar-refractivity contribution is 6.90. The van der Waals surface area contributed by atoms with Crippen molar-refractivity contribution in [2.75, 3.05) is 0 Å². The number of esters is 1. The van der Waals surface area contributed by atoms with Gasteiger partial charge in [0.1, 0.15) is 20.1 Å². The van der Waals surface area contributed by atoms with Crippen molar-refractivity contribution < 1.29 is 9.53 Å². The second kappa shape index (κ2) is 12.2. The summed E-state index contributed by atoms with van der Waals surface area (Å²) < 4.78 is 5.81. The number of rotatable bonds is 11. The molecule has 3 heteroatoms. The van der Waals surface area contributed by atoms with Gasteiger partial charge in [-0.25, -0.2) is 0 Å². The maximum absolute atomic E-state index is 13.4. The van der Waals surface area contributed by atoms with Crippen LogP contribution in [0, 0.1) is 16.9 Å². The average Bonchev–Trinajstić information content (AvgIpc) is 2.71. The first-order chi connectivity index (χ1) is 14.2. The second-order valence-corrected chi connectivity index (χ2v) is 14.9. The molecule has 0 saturated heterocycles. The number of unbranched alkanes of at least 4 members (excludes halogenated alkanes) is 1. The summed E-state index contributed by atoms with van der Waals surface area (Å²) in [5, 5.41) is 0. The van der Waals surface area contributed by atoms with Crippen molar-refractivity contribution in [2.45, 2.75) is 97.4 Å². The van der Waals surface area contributed by atoms with Crippen molar-refractivity contribution in [1.82, 2.24) is 0 Å². The molecule has 30 heavy (non-hydrogen) atoms. The minimum atomic E-state index is -1.92. The molecule has 0 aliphatic rings. The van der Waals surface area contributed by atoms with E-state index in [1.54, 1.807) is 0 Å². The van der Waals surface area contributed by atoms with Gasteiger partial charge in [-0.1, -0.05) is 90.8 Å². The van der Waals surface area contributed by atoms with Gasteiger partial charge in [0.15, 0.2) is 0 Å². The minimum absolute atomic E-state index is 0.176. The van der Waals surface area contributed by atoms with Crippen LogP contribution in [0.3, 0.4) is 0 Å². The molecule has 1 aromatic rings. The molecule has 0 fully saturated rings. The zero-order valence-electron chi connectivity index (χ0n) is 20.3. The van der Waals surface area contributed by atoms with Gasteiger partial charge >= 0.3 is 5.97 Å². The van der Waals surface area contributed by atoms with Crippen molar-refractivity contribution in [1.29, 1.82) is 0 Å². The summed E-state index contributed by atoms with van der Waals surface area (Å²) >= 11 is 0. The Hall–Kier alpha value is -1.79. The average molecular weight is 427 g/mol. The summed E-state index contributed by atoms with van der Waals surface area (Å²) in [6.07, 6.45) is 5.08. The molecule has 2 nitrogen and oxygen atoms in total. The molecule has 0 saturated carbocycles. The monoisotopic (exact) mass is 426 g/mol. The molecular formula is C27H42O2Si. The van der Waals surface area contributed by atoms with E-state index >= 15 is 0 Å². The van der Waals surface area contributed by atoms with E-state index in [0.717, 1.165) is 24.8 Å². The Labute approximate surface area is 186 Å². The van der Waals surface area contributed by atoms with Crippen molar-refractivity contribution in [3.63, 3.8) is 0 Å². The Kier molecular flexibility index (Phi) is 10.6. The summed E-state index contributed by atoms with van der Waals surface area (Å²) in [6, 6.07) is 9.87. The summed E-state index contributed by atoms with van der Waals surface area (Å²) in [5.41, 5.74) is 5.66. The number of benzene rings is 1. The van der Waals surface area contributed by atoms with Gasteiger partial charge in [0, 0.05) is 0 Å². The van der Waals surface area contributed by atoms with E-state index in [1.165, 1.54) is 0 Å². The van der Waals surface area contributed by atoms with E-state index in [-0.39, 0.29) is 5.97 Å². The largest absolute Gasteiger partial charge is 0.460 e. The fraction of sp³-hybridized carbons (Fsp3) is 0.593. The summed E-state index contributed by atoms with van der Waals surface area (Å²) in [6.45, 7) is 20.0. The van der Waals surface area contributed by atoms with Crippen molar-refractivity contribution in [3.8, 4) is 11.5 Å². The molecule has 0 aliphatic carbocycles. The summed E-state index contributed by atoms with van der Waals surface area (Å²) in [5.74, 6) is 3.39. The quantitative estimate of drug-likeness (QED) is 0.119. The van der Waals surface area contributed by atoms with Gasteiger partial charge in [-0.3, -0.25) is 4.79 Å². The van der Waals surface area contributed by atoms with Gasteiger partial charge in [-0.05, 0) is 47.9 Å². The van der Waals surface area contributed by atoms with Gasteiger partial charge in [0.25, 0.3) is 0 Å². The molecule has 0 heterocycles. The van der Waals surface area contributed by atoms with E-state index in [1.807, 2.05) is 36.4 Å². The number of hydrogen-bond donors (Lipinski definition) is 0. The van der Waals surface area contributed by atoms with Crippen molar-refractivity contribution in [3.05, 3.63) is 48.6 Å². The molecule has 0 aliphatic heterocycles. The SMILES string of the molecule is C=CCCCC(C#C[Si](C(C)C)(C(C)C)C(C)C)(CC)C(=O)OCc1ccccc1. The molecule has 0 N–H and O–H groups in total. The number of allylic oxidation sites excluding steroid dienone is 1. The summed E-state index contributed by atoms with van der Waals surface area (Å²) in [4.78, 5) is 13.4. The number of hydrogen-bond acceptors (Lipinski definition) is 2. The Morgan fingerprint density at radius 1 is 1.10 bits per heavy atom. The molecule has 166 valence electrons. The minimum Gasteiger partial charge on any atom is -0.460 e. The highest BCUT2D eigenvalue weighted by Crippen LogP contribution is 2.41. The fourth-order valence-electron chi connectivity index (χ4n) is 4.70. The molecule has 0 bridgehead atoms. The first-order valence-corrected chi connectivity index (χ1v) is 13.8. The van der Waals surface area contributed by atoms with Gasteiger partial charge in [0.2, 0.25) is 0 Å². The number of carbonyl (C=O) groups is 1. The predicted octanol–water partition coefficient (Wildman–Crippen LogP) is 7.70. The molecule has 0 aromatic heterocycles. The lowest BCUT2D eigenvalue weighted by atomic mass is 9.81. The molecule has 0 spiro atoms. The predicted molar refractivity (Wildman–Crippen MR) is 132 cm³/mol. The van der Waals surface area contributed by atoms with Gasteiger partial charge in [0.05, 0.1) is 0 Å². The number of carbonyl (C=O) groups excluding carboxylic acids is 1. The van der Waals surface area contributed by atoms with Crippen LogP contribution in [0.5, 0.6) is 0 Å². The van der Waals surface area contributed by atoms with Crippen LogP contribution in [0.25, 0.3) is 0 Å². The van der Waals surface area contributed by atoms with Crippen molar-refractivity contribution >= 4 is 14.0 Å². The third kappa shape index (κ3) is 6.35. The van der Waals surface area contributed by atoms with E-state index in [4.69, 9.17) is 4.74 Å². The zero-order valence-corrected chi connectivity index (χ0v) is 21.3. The molecule has 0 amide bonds. The normalized spacial score (nSPS) is 13.7. The fourth-order valence-corrected chi connectivity index (χ4v) is 10.0. The van der Waals surface area contributed by atoms with Crippen molar-refractivity contribution in [2.24, 2.45) is 5.41 Å². The van der Waals surface area contributed by atoms with Crippen LogP contribution >= 0.6 is 0 Å². The third-order valence-electron chi connectivity index (χ3n) is 6.60. The molecule has 0 radical (unpaired) electrons. The Balaban J connectivity index is 3.31. The maximum atomic E-state index is 13.4. The highest BCUT2D eigenvalue weighted by Gasteiger charge is 2.43. The van der Waals surface area contributed by atoms with Crippen LogP contribution in [0.4, 0.5) is 0 Å².